The van der Waals surface area contributed by atoms with Crippen LogP contribution in [0.3, 0.4) is 0 Å². The molecule has 7 heteroatoms. The SMILES string of the molecule is C=CCOC(=O)O/C=C/C=C/C(C)OC(=O)/C=C/C(=O)OC. The lowest BCUT2D eigenvalue weighted by Gasteiger charge is -2.05. The number of hydrogen-bond donors (Lipinski definition) is 0. The van der Waals surface area contributed by atoms with Gasteiger partial charge in [-0.2, -0.15) is 0 Å². The molecule has 7 nitrogen and oxygen atoms in total. The van der Waals surface area contributed by atoms with E-state index in [1.165, 1.54) is 25.3 Å². The zero-order valence-electron chi connectivity index (χ0n) is 12.4. The number of esters is 2. The van der Waals surface area contributed by atoms with Crippen molar-refractivity contribution in [1.82, 2.24) is 0 Å². The molecule has 0 saturated heterocycles. The standard InChI is InChI=1S/C15H18O7/c1-4-10-20-15(18)21-11-6-5-7-12(2)22-14(17)9-8-13(16)19-3/h4-9,11-12H,1,10H2,2-3H3/b7-5+,9-8+,11-6+. The fourth-order valence-corrected chi connectivity index (χ4v) is 0.988. The number of hydrogen-bond acceptors (Lipinski definition) is 7. The van der Waals surface area contributed by atoms with E-state index in [9.17, 15) is 14.4 Å². The number of methoxy groups -OCH3 is 1. The van der Waals surface area contributed by atoms with Crippen molar-refractivity contribution in [2.45, 2.75) is 13.0 Å². The Bertz CT molecular complexity index is 474. The second kappa shape index (κ2) is 12.0. The summed E-state index contributed by atoms with van der Waals surface area (Å²) in [6, 6.07) is 0. The zero-order valence-corrected chi connectivity index (χ0v) is 12.4. The first-order valence-corrected chi connectivity index (χ1v) is 6.24. The summed E-state index contributed by atoms with van der Waals surface area (Å²) in [4.78, 5) is 33.0. The normalized spacial score (nSPS) is 12.3. The topological polar surface area (TPSA) is 88.1 Å². The Balaban J connectivity index is 4.05. The van der Waals surface area contributed by atoms with Gasteiger partial charge in [-0.1, -0.05) is 18.7 Å². The molecule has 0 amide bonds. The van der Waals surface area contributed by atoms with E-state index in [1.54, 1.807) is 13.0 Å². The van der Waals surface area contributed by atoms with Gasteiger partial charge in [0, 0.05) is 12.2 Å². The van der Waals surface area contributed by atoms with E-state index in [0.29, 0.717) is 0 Å². The number of carbonyl (C=O) groups is 3. The Kier molecular flexibility index (Phi) is 10.4. The van der Waals surface area contributed by atoms with Crippen LogP contribution in [-0.4, -0.2) is 37.9 Å². The van der Waals surface area contributed by atoms with E-state index in [0.717, 1.165) is 18.4 Å². The lowest BCUT2D eigenvalue weighted by Crippen LogP contribution is -2.10. The first-order valence-electron chi connectivity index (χ1n) is 6.24. The van der Waals surface area contributed by atoms with Gasteiger partial charge in [-0.05, 0) is 19.1 Å². The third kappa shape index (κ3) is 11.0. The van der Waals surface area contributed by atoms with Crippen LogP contribution < -0.4 is 0 Å². The van der Waals surface area contributed by atoms with Crippen molar-refractivity contribution >= 4 is 18.1 Å². The van der Waals surface area contributed by atoms with Crippen molar-refractivity contribution in [2.24, 2.45) is 0 Å². The molecule has 0 aromatic carbocycles. The minimum absolute atomic E-state index is 0.0641. The maximum Gasteiger partial charge on any atom is 0.513 e. The van der Waals surface area contributed by atoms with Gasteiger partial charge in [0.2, 0.25) is 0 Å². The third-order valence-corrected chi connectivity index (χ3v) is 1.91. The maximum atomic E-state index is 11.3. The predicted molar refractivity (Wildman–Crippen MR) is 77.6 cm³/mol. The lowest BCUT2D eigenvalue weighted by molar-refractivity contribution is -0.141. The Morgan fingerprint density at radius 3 is 2.45 bits per heavy atom. The van der Waals surface area contributed by atoms with Gasteiger partial charge in [-0.15, -0.1) is 0 Å². The average molecular weight is 310 g/mol. The molecule has 0 bridgehead atoms. The van der Waals surface area contributed by atoms with Crippen molar-refractivity contribution in [3.05, 3.63) is 49.3 Å². The largest absolute Gasteiger partial charge is 0.513 e. The van der Waals surface area contributed by atoms with E-state index in [-0.39, 0.29) is 6.61 Å². The summed E-state index contributed by atoms with van der Waals surface area (Å²) in [5.41, 5.74) is 0. The number of allylic oxidation sites excluding steroid dienone is 2. The first kappa shape index (κ1) is 19.2. The van der Waals surface area contributed by atoms with E-state index in [2.05, 4.69) is 20.8 Å². The molecule has 0 aliphatic rings. The van der Waals surface area contributed by atoms with Crippen LogP contribution in [0.5, 0.6) is 0 Å². The molecule has 0 aromatic heterocycles. The minimum atomic E-state index is -0.850. The molecule has 0 N–H and O–H groups in total. The Hall–Kier alpha value is -2.83. The molecule has 120 valence electrons. The van der Waals surface area contributed by atoms with E-state index >= 15 is 0 Å². The van der Waals surface area contributed by atoms with E-state index < -0.39 is 24.2 Å². The predicted octanol–water partition coefficient (Wildman–Crippen LogP) is 2.06. The highest BCUT2D eigenvalue weighted by atomic mass is 16.7. The summed E-state index contributed by atoms with van der Waals surface area (Å²) in [6.45, 7) is 5.06. The molecule has 0 spiro atoms. The van der Waals surface area contributed by atoms with Crippen molar-refractivity contribution in [2.75, 3.05) is 13.7 Å². The molecule has 0 aliphatic heterocycles. The Morgan fingerprint density at radius 1 is 1.14 bits per heavy atom. The molecule has 0 heterocycles. The van der Waals surface area contributed by atoms with Crippen molar-refractivity contribution in [1.29, 1.82) is 0 Å². The van der Waals surface area contributed by atoms with Crippen LogP contribution >= 0.6 is 0 Å². The molecule has 0 aromatic rings. The molecule has 0 fully saturated rings. The van der Waals surface area contributed by atoms with Gasteiger partial charge in [0.1, 0.15) is 12.7 Å². The first-order chi connectivity index (χ1) is 10.5. The summed E-state index contributed by atoms with van der Waals surface area (Å²) in [6.07, 6.45) is 7.55. The maximum absolute atomic E-state index is 11.3. The summed E-state index contributed by atoms with van der Waals surface area (Å²) in [7, 11) is 1.20. The number of rotatable bonds is 8. The van der Waals surface area contributed by atoms with Crippen molar-refractivity contribution in [3.63, 3.8) is 0 Å². The highest BCUT2D eigenvalue weighted by Gasteiger charge is 2.03. The van der Waals surface area contributed by atoms with Gasteiger partial charge in [0.05, 0.1) is 13.4 Å². The fourth-order valence-electron chi connectivity index (χ4n) is 0.988. The van der Waals surface area contributed by atoms with Crippen LogP contribution in [0.4, 0.5) is 4.79 Å². The quantitative estimate of drug-likeness (QED) is 0.169. The van der Waals surface area contributed by atoms with Gasteiger partial charge in [0.25, 0.3) is 0 Å². The van der Waals surface area contributed by atoms with Crippen LogP contribution in [0, 0.1) is 0 Å². The lowest BCUT2D eigenvalue weighted by atomic mass is 10.3. The monoisotopic (exact) mass is 310 g/mol. The molecule has 0 aliphatic carbocycles. The molecule has 1 unspecified atom stereocenters. The smallest absolute Gasteiger partial charge is 0.466 e. The molecule has 0 radical (unpaired) electrons. The van der Waals surface area contributed by atoms with Gasteiger partial charge in [-0.25, -0.2) is 14.4 Å². The highest BCUT2D eigenvalue weighted by molar-refractivity contribution is 5.91. The van der Waals surface area contributed by atoms with Gasteiger partial charge in [0.15, 0.2) is 0 Å². The van der Waals surface area contributed by atoms with Crippen LogP contribution in [0.1, 0.15) is 6.92 Å². The van der Waals surface area contributed by atoms with Crippen LogP contribution in [0.25, 0.3) is 0 Å². The second-order valence-corrected chi connectivity index (χ2v) is 3.68. The zero-order chi connectivity index (χ0) is 16.8. The van der Waals surface area contributed by atoms with Gasteiger partial charge >= 0.3 is 18.1 Å². The highest BCUT2D eigenvalue weighted by Crippen LogP contribution is 1.96. The second-order valence-electron chi connectivity index (χ2n) is 3.68. The molecule has 22 heavy (non-hydrogen) atoms. The van der Waals surface area contributed by atoms with Crippen LogP contribution in [0.2, 0.25) is 0 Å². The number of ether oxygens (including phenoxy) is 4. The fraction of sp³-hybridized carbons (Fsp3) is 0.267. The molecule has 0 rings (SSSR count). The number of carbonyl (C=O) groups excluding carboxylic acids is 3. The average Bonchev–Trinajstić information content (AvgIpc) is 2.50. The van der Waals surface area contributed by atoms with Gasteiger partial charge < -0.3 is 18.9 Å². The summed E-state index contributed by atoms with van der Waals surface area (Å²) in [5.74, 6) is -1.33. The third-order valence-electron chi connectivity index (χ3n) is 1.91. The summed E-state index contributed by atoms with van der Waals surface area (Å²) < 4.78 is 18.4. The van der Waals surface area contributed by atoms with E-state index in [4.69, 9.17) is 4.74 Å². The molecule has 0 saturated carbocycles. The van der Waals surface area contributed by atoms with Gasteiger partial charge in [-0.3, -0.25) is 0 Å². The summed E-state index contributed by atoms with van der Waals surface area (Å²) in [5, 5.41) is 0. The van der Waals surface area contributed by atoms with Crippen molar-refractivity contribution in [3.8, 4) is 0 Å². The molecular formula is C15H18O7. The Labute approximate surface area is 128 Å². The summed E-state index contributed by atoms with van der Waals surface area (Å²) >= 11 is 0. The van der Waals surface area contributed by atoms with E-state index in [1.807, 2.05) is 0 Å². The van der Waals surface area contributed by atoms with Crippen molar-refractivity contribution < 1.29 is 33.3 Å². The van der Waals surface area contributed by atoms with Crippen LogP contribution in [-0.2, 0) is 28.5 Å². The Morgan fingerprint density at radius 2 is 1.82 bits per heavy atom. The molecule has 1 atom stereocenters. The minimum Gasteiger partial charge on any atom is -0.466 e. The van der Waals surface area contributed by atoms with Crippen LogP contribution in [0.15, 0.2) is 49.3 Å². The molecular weight excluding hydrogens is 292 g/mol.